The van der Waals surface area contributed by atoms with E-state index in [1.165, 1.54) is 6.92 Å². The lowest BCUT2D eigenvalue weighted by atomic mass is 10.1. The molecule has 94 valence electrons. The molecule has 17 heavy (non-hydrogen) atoms. The molecule has 0 aromatic carbocycles. The highest BCUT2D eigenvalue weighted by molar-refractivity contribution is 4.93. The Kier molecular flexibility index (Phi) is 2.86. The van der Waals surface area contributed by atoms with Crippen LogP contribution in [0.15, 0.2) is 15.8 Å². The maximum absolute atomic E-state index is 13.0. The fraction of sp³-hybridized carbons (Fsp3) is 0.556. The van der Waals surface area contributed by atoms with Crippen LogP contribution in [0.1, 0.15) is 13.2 Å². The fourth-order valence-corrected chi connectivity index (χ4v) is 1.71. The largest absolute Gasteiger partial charge is 0.388 e. The lowest BCUT2D eigenvalue weighted by Gasteiger charge is -2.16. The number of H-pyrrole nitrogens is 1. The molecule has 8 heteroatoms. The molecular formula is C9H11FN2O5. The van der Waals surface area contributed by atoms with E-state index in [0.717, 1.165) is 0 Å². The van der Waals surface area contributed by atoms with Crippen molar-refractivity contribution in [2.45, 2.75) is 31.5 Å². The molecule has 1 aliphatic rings. The van der Waals surface area contributed by atoms with Crippen LogP contribution in [0.5, 0.6) is 0 Å². The molecule has 7 nitrogen and oxygen atoms in total. The molecule has 0 radical (unpaired) electrons. The van der Waals surface area contributed by atoms with E-state index >= 15 is 0 Å². The number of aromatic nitrogens is 2. The quantitative estimate of drug-likeness (QED) is 0.548. The molecule has 2 heterocycles. The van der Waals surface area contributed by atoms with Crippen molar-refractivity contribution in [1.29, 1.82) is 0 Å². The molecular weight excluding hydrogens is 235 g/mol. The summed E-state index contributed by atoms with van der Waals surface area (Å²) in [5.74, 6) is -1.17. The molecule has 1 aromatic heterocycles. The number of ether oxygens (including phenoxy) is 1. The zero-order valence-electron chi connectivity index (χ0n) is 8.83. The Morgan fingerprint density at radius 2 is 2.06 bits per heavy atom. The lowest BCUT2D eigenvalue weighted by Crippen LogP contribution is -2.38. The summed E-state index contributed by atoms with van der Waals surface area (Å²) >= 11 is 0. The highest BCUT2D eigenvalue weighted by Crippen LogP contribution is 2.27. The molecule has 1 saturated heterocycles. The number of aromatic amines is 1. The molecule has 1 aromatic rings. The van der Waals surface area contributed by atoms with Crippen molar-refractivity contribution in [3.63, 3.8) is 0 Å². The van der Waals surface area contributed by atoms with Crippen LogP contribution in [0.25, 0.3) is 0 Å². The fourth-order valence-electron chi connectivity index (χ4n) is 1.71. The van der Waals surface area contributed by atoms with Crippen LogP contribution < -0.4 is 11.2 Å². The molecule has 1 aliphatic heterocycles. The highest BCUT2D eigenvalue weighted by atomic mass is 19.1. The van der Waals surface area contributed by atoms with Crippen LogP contribution in [0.4, 0.5) is 4.39 Å². The van der Waals surface area contributed by atoms with Crippen molar-refractivity contribution >= 4 is 0 Å². The van der Waals surface area contributed by atoms with Crippen molar-refractivity contribution in [2.75, 3.05) is 0 Å². The second-order valence-corrected chi connectivity index (χ2v) is 3.86. The molecule has 3 N–H and O–H groups in total. The van der Waals surface area contributed by atoms with Gasteiger partial charge in [0.2, 0.25) is 5.82 Å². The summed E-state index contributed by atoms with van der Waals surface area (Å²) < 4.78 is 18.9. The third-order valence-corrected chi connectivity index (χ3v) is 2.68. The van der Waals surface area contributed by atoms with Gasteiger partial charge in [-0.2, -0.15) is 4.39 Å². The summed E-state index contributed by atoms with van der Waals surface area (Å²) in [7, 11) is 0. The standard InChI is InChI=1S/C9H11FN2O5/c1-3-5(13)6(14)8(17-3)12-2-4(10)7(15)11-9(12)16/h2-3,5-6,8,13-14H,1H3,(H,11,15,16)/t3?,5-,6-,8?/m1/s1. The Hall–Kier alpha value is -1.51. The number of halogens is 1. The van der Waals surface area contributed by atoms with Gasteiger partial charge in [0.15, 0.2) is 6.23 Å². The second-order valence-electron chi connectivity index (χ2n) is 3.86. The summed E-state index contributed by atoms with van der Waals surface area (Å²) in [6.45, 7) is 1.50. The third-order valence-electron chi connectivity index (χ3n) is 2.68. The number of aliphatic hydroxyl groups excluding tert-OH is 2. The van der Waals surface area contributed by atoms with Gasteiger partial charge in [-0.1, -0.05) is 0 Å². The first kappa shape index (κ1) is 12.0. The van der Waals surface area contributed by atoms with Gasteiger partial charge in [0.05, 0.1) is 12.3 Å². The van der Waals surface area contributed by atoms with Crippen LogP contribution >= 0.6 is 0 Å². The van der Waals surface area contributed by atoms with E-state index in [1.54, 1.807) is 4.98 Å². The van der Waals surface area contributed by atoms with Crippen LogP contribution in [-0.4, -0.2) is 38.1 Å². The second kappa shape index (κ2) is 4.06. The third kappa shape index (κ3) is 1.90. The molecule has 2 rings (SSSR count). The van der Waals surface area contributed by atoms with Crippen LogP contribution in [0.2, 0.25) is 0 Å². The van der Waals surface area contributed by atoms with Gasteiger partial charge in [0.25, 0.3) is 5.56 Å². The summed E-state index contributed by atoms with van der Waals surface area (Å²) in [6.07, 6.45) is -3.83. The molecule has 0 spiro atoms. The van der Waals surface area contributed by atoms with Crippen molar-refractivity contribution in [3.05, 3.63) is 32.9 Å². The first-order valence-corrected chi connectivity index (χ1v) is 4.94. The Bertz CT molecular complexity index is 539. The van der Waals surface area contributed by atoms with Crippen LogP contribution in [0.3, 0.4) is 0 Å². The number of nitrogens with zero attached hydrogens (tertiary/aromatic N) is 1. The van der Waals surface area contributed by atoms with Crippen LogP contribution in [0, 0.1) is 5.82 Å². The molecule has 0 bridgehead atoms. The van der Waals surface area contributed by atoms with E-state index < -0.39 is 41.6 Å². The zero-order chi connectivity index (χ0) is 12.7. The number of nitrogens with one attached hydrogen (secondary N) is 1. The minimum atomic E-state index is -1.37. The van der Waals surface area contributed by atoms with Crippen LogP contribution in [-0.2, 0) is 4.74 Å². The maximum Gasteiger partial charge on any atom is 0.330 e. The van der Waals surface area contributed by atoms with E-state index in [0.29, 0.717) is 10.8 Å². The van der Waals surface area contributed by atoms with E-state index in [-0.39, 0.29) is 0 Å². The molecule has 0 saturated carbocycles. The van der Waals surface area contributed by atoms with Gasteiger partial charge in [0, 0.05) is 0 Å². The van der Waals surface area contributed by atoms with Crippen molar-refractivity contribution in [1.82, 2.24) is 9.55 Å². The topological polar surface area (TPSA) is 105 Å². The predicted octanol–water partition coefficient (Wildman–Crippen LogP) is -1.69. The Balaban J connectivity index is 2.46. The minimum Gasteiger partial charge on any atom is -0.388 e. The highest BCUT2D eigenvalue weighted by Gasteiger charge is 2.41. The first-order valence-electron chi connectivity index (χ1n) is 4.94. The Morgan fingerprint density at radius 1 is 1.41 bits per heavy atom. The van der Waals surface area contributed by atoms with E-state index in [9.17, 15) is 24.2 Å². The zero-order valence-corrected chi connectivity index (χ0v) is 8.83. The molecule has 0 aliphatic carbocycles. The summed E-state index contributed by atoms with van der Waals surface area (Å²) in [4.78, 5) is 24.0. The maximum atomic E-state index is 13.0. The molecule has 4 atom stereocenters. The SMILES string of the molecule is CC1OC(n2cc(F)c(=O)[nH]c2=O)[C@H](O)[C@@H]1O. The first-order chi connectivity index (χ1) is 7.91. The lowest BCUT2D eigenvalue weighted by molar-refractivity contribution is -0.0356. The number of hydrogen-bond donors (Lipinski definition) is 3. The number of rotatable bonds is 1. The average Bonchev–Trinajstić information content (AvgIpc) is 2.51. The predicted molar refractivity (Wildman–Crippen MR) is 52.9 cm³/mol. The summed E-state index contributed by atoms with van der Waals surface area (Å²) in [5.41, 5.74) is -2.06. The summed E-state index contributed by atoms with van der Waals surface area (Å²) in [5, 5.41) is 19.1. The van der Waals surface area contributed by atoms with Gasteiger partial charge >= 0.3 is 5.69 Å². The minimum absolute atomic E-state index is 0.639. The Labute approximate surface area is 94.1 Å². The van der Waals surface area contributed by atoms with Gasteiger partial charge in [-0.3, -0.25) is 14.3 Å². The Morgan fingerprint density at radius 3 is 2.59 bits per heavy atom. The van der Waals surface area contributed by atoms with Gasteiger partial charge in [0.1, 0.15) is 12.2 Å². The molecule has 1 fully saturated rings. The smallest absolute Gasteiger partial charge is 0.330 e. The van der Waals surface area contributed by atoms with E-state index in [2.05, 4.69) is 0 Å². The average molecular weight is 246 g/mol. The van der Waals surface area contributed by atoms with Gasteiger partial charge in [-0.25, -0.2) is 4.79 Å². The van der Waals surface area contributed by atoms with Gasteiger partial charge in [-0.15, -0.1) is 0 Å². The number of hydrogen-bond acceptors (Lipinski definition) is 5. The van der Waals surface area contributed by atoms with Crippen molar-refractivity contribution in [2.24, 2.45) is 0 Å². The summed E-state index contributed by atoms with van der Waals surface area (Å²) in [6, 6.07) is 0. The van der Waals surface area contributed by atoms with Crippen molar-refractivity contribution in [3.8, 4) is 0 Å². The normalized spacial score (nSPS) is 32.9. The van der Waals surface area contributed by atoms with Gasteiger partial charge in [-0.05, 0) is 6.92 Å². The van der Waals surface area contributed by atoms with Crippen molar-refractivity contribution < 1.29 is 19.3 Å². The van der Waals surface area contributed by atoms with E-state index in [4.69, 9.17) is 4.74 Å². The monoisotopic (exact) mass is 246 g/mol. The number of aliphatic hydroxyl groups is 2. The van der Waals surface area contributed by atoms with Gasteiger partial charge < -0.3 is 14.9 Å². The molecule has 2 unspecified atom stereocenters. The molecule has 0 amide bonds. The van der Waals surface area contributed by atoms with E-state index in [1.807, 2.05) is 0 Å².